The van der Waals surface area contributed by atoms with Crippen LogP contribution in [0.2, 0.25) is 0 Å². The fraction of sp³-hybridized carbons (Fsp3) is 0.174. The monoisotopic (exact) mass is 438 g/mol. The molecule has 4 aromatic rings. The molecule has 0 aliphatic rings. The van der Waals surface area contributed by atoms with Crippen LogP contribution in [0.25, 0.3) is 16.8 Å². The van der Waals surface area contributed by atoms with Crippen LogP contribution in [0.1, 0.15) is 16.7 Å². The van der Waals surface area contributed by atoms with Gasteiger partial charge in [0.15, 0.2) is 0 Å². The van der Waals surface area contributed by atoms with Gasteiger partial charge in [0.25, 0.3) is 0 Å². The summed E-state index contributed by atoms with van der Waals surface area (Å²) in [6.45, 7) is 4.12. The number of nitrogens with one attached hydrogen (secondary N) is 1. The van der Waals surface area contributed by atoms with Gasteiger partial charge in [-0.1, -0.05) is 30.0 Å². The second-order valence-corrected chi connectivity index (χ2v) is 8.16. The van der Waals surface area contributed by atoms with Gasteiger partial charge in [-0.3, -0.25) is 4.79 Å². The number of halogens is 2. The van der Waals surface area contributed by atoms with Crippen molar-refractivity contribution in [3.05, 3.63) is 83.2 Å². The Morgan fingerprint density at radius 1 is 1.10 bits per heavy atom. The van der Waals surface area contributed by atoms with Gasteiger partial charge < -0.3 is 5.32 Å². The van der Waals surface area contributed by atoms with E-state index >= 15 is 0 Å². The van der Waals surface area contributed by atoms with Crippen LogP contribution < -0.4 is 5.32 Å². The lowest BCUT2D eigenvalue weighted by molar-refractivity contribution is -0.118. The lowest BCUT2D eigenvalue weighted by atomic mass is 10.0. The Kier molecular flexibility index (Phi) is 5.99. The van der Waals surface area contributed by atoms with Crippen molar-refractivity contribution in [1.82, 2.24) is 19.9 Å². The number of rotatable bonds is 6. The molecule has 1 amide bonds. The molecule has 0 spiro atoms. The van der Waals surface area contributed by atoms with Crippen LogP contribution in [0.3, 0.4) is 0 Å². The van der Waals surface area contributed by atoms with Crippen LogP contribution in [0.5, 0.6) is 0 Å². The van der Waals surface area contributed by atoms with E-state index in [2.05, 4.69) is 41.4 Å². The van der Waals surface area contributed by atoms with Gasteiger partial charge in [0.1, 0.15) is 16.7 Å². The zero-order chi connectivity index (χ0) is 22.0. The first-order chi connectivity index (χ1) is 14.9. The summed E-state index contributed by atoms with van der Waals surface area (Å²) in [4.78, 5) is 16.6. The molecule has 0 fully saturated rings. The molecule has 8 heteroatoms. The molecular weight excluding hydrogens is 418 g/mol. The molecule has 5 nitrogen and oxygen atoms in total. The van der Waals surface area contributed by atoms with Crippen LogP contribution in [0.15, 0.2) is 59.9 Å². The number of aryl methyl sites for hydroxylation is 2. The van der Waals surface area contributed by atoms with Gasteiger partial charge in [0.05, 0.1) is 17.0 Å². The summed E-state index contributed by atoms with van der Waals surface area (Å²) in [6, 6.07) is 11.4. The summed E-state index contributed by atoms with van der Waals surface area (Å²) in [5, 5.41) is 7.95. The number of carbonyl (C=O) groups is 1. The van der Waals surface area contributed by atoms with Crippen LogP contribution in [0.4, 0.5) is 8.78 Å². The van der Waals surface area contributed by atoms with E-state index in [4.69, 9.17) is 0 Å². The van der Waals surface area contributed by atoms with Gasteiger partial charge in [-0.05, 0) is 43.2 Å². The molecule has 0 radical (unpaired) electrons. The lowest BCUT2D eigenvalue weighted by Gasteiger charge is -2.07. The molecule has 0 aliphatic carbocycles. The van der Waals surface area contributed by atoms with Gasteiger partial charge >= 0.3 is 0 Å². The third-order valence-corrected chi connectivity index (χ3v) is 5.98. The third-order valence-electron chi connectivity index (χ3n) is 4.99. The normalized spacial score (nSPS) is 11.1. The van der Waals surface area contributed by atoms with Gasteiger partial charge in [0, 0.05) is 36.1 Å². The number of aromatic nitrogens is 3. The highest BCUT2D eigenvalue weighted by atomic mass is 32.2. The van der Waals surface area contributed by atoms with Crippen molar-refractivity contribution >= 4 is 23.2 Å². The lowest BCUT2D eigenvalue weighted by Crippen LogP contribution is -2.25. The van der Waals surface area contributed by atoms with Crippen molar-refractivity contribution < 1.29 is 13.6 Å². The average Bonchev–Trinajstić information content (AvgIpc) is 3.18. The fourth-order valence-electron chi connectivity index (χ4n) is 3.09. The number of hydrogen-bond acceptors (Lipinski definition) is 4. The smallest absolute Gasteiger partial charge is 0.230 e. The van der Waals surface area contributed by atoms with Crippen LogP contribution >= 0.6 is 11.8 Å². The Morgan fingerprint density at radius 2 is 1.94 bits per heavy atom. The van der Waals surface area contributed by atoms with Gasteiger partial charge in [0.2, 0.25) is 5.91 Å². The average molecular weight is 439 g/mol. The minimum atomic E-state index is -0.683. The minimum Gasteiger partial charge on any atom is -0.351 e. The Hall–Kier alpha value is -3.26. The van der Waals surface area contributed by atoms with Crippen LogP contribution in [0, 0.1) is 25.5 Å². The number of thioether (sulfide) groups is 1. The zero-order valence-corrected chi connectivity index (χ0v) is 17.8. The van der Waals surface area contributed by atoms with Crippen molar-refractivity contribution in [2.24, 2.45) is 0 Å². The van der Waals surface area contributed by atoms with Crippen molar-refractivity contribution in [3.8, 4) is 11.3 Å². The SMILES string of the molecule is Cc1ccc(-c2cc3c(SCC(=O)NCc4ccc(F)cc4F)nccn3n2)cc1C. The van der Waals surface area contributed by atoms with E-state index in [9.17, 15) is 13.6 Å². The van der Waals surface area contributed by atoms with Gasteiger partial charge in [-0.2, -0.15) is 5.10 Å². The molecule has 2 heterocycles. The molecule has 0 bridgehead atoms. The van der Waals surface area contributed by atoms with Gasteiger partial charge in [-0.15, -0.1) is 0 Å². The van der Waals surface area contributed by atoms with Crippen LogP contribution in [-0.4, -0.2) is 26.3 Å². The van der Waals surface area contributed by atoms with E-state index in [-0.39, 0.29) is 23.8 Å². The van der Waals surface area contributed by atoms with Crippen molar-refractivity contribution in [2.75, 3.05) is 5.75 Å². The molecule has 0 saturated heterocycles. The maximum absolute atomic E-state index is 13.7. The predicted octanol–water partition coefficient (Wildman–Crippen LogP) is 4.70. The standard InChI is InChI=1S/C23H20F2N4OS/c1-14-3-4-16(9-15(14)2)20-11-21-23(26-7-8-29(21)28-20)31-13-22(30)27-12-17-5-6-18(24)10-19(17)25/h3-11H,12-13H2,1-2H3,(H,27,30). The molecule has 2 aromatic heterocycles. The maximum atomic E-state index is 13.7. The Bertz CT molecular complexity index is 1270. The highest BCUT2D eigenvalue weighted by molar-refractivity contribution is 8.00. The minimum absolute atomic E-state index is 0.00720. The second kappa shape index (κ2) is 8.85. The molecular formula is C23H20F2N4OS. The fourth-order valence-corrected chi connectivity index (χ4v) is 3.90. The van der Waals surface area contributed by atoms with E-state index in [1.165, 1.54) is 29.0 Å². The molecule has 4 rings (SSSR count). The first kappa shape index (κ1) is 21.0. The summed E-state index contributed by atoms with van der Waals surface area (Å²) in [6.07, 6.45) is 3.40. The van der Waals surface area contributed by atoms with Crippen molar-refractivity contribution in [2.45, 2.75) is 25.4 Å². The van der Waals surface area contributed by atoms with Crippen molar-refractivity contribution in [3.63, 3.8) is 0 Å². The Morgan fingerprint density at radius 3 is 2.71 bits per heavy atom. The van der Waals surface area contributed by atoms with Crippen LogP contribution in [-0.2, 0) is 11.3 Å². The Balaban J connectivity index is 1.45. The molecule has 1 N–H and O–H groups in total. The zero-order valence-electron chi connectivity index (χ0n) is 17.0. The van der Waals surface area contributed by atoms with Crippen molar-refractivity contribution in [1.29, 1.82) is 0 Å². The summed E-state index contributed by atoms with van der Waals surface area (Å²) in [7, 11) is 0. The molecule has 0 aliphatic heterocycles. The first-order valence-electron chi connectivity index (χ1n) is 9.66. The molecule has 158 valence electrons. The first-order valence-corrected chi connectivity index (χ1v) is 10.6. The maximum Gasteiger partial charge on any atom is 0.230 e. The number of benzene rings is 2. The molecule has 2 aromatic carbocycles. The van der Waals surface area contributed by atoms with E-state index in [1.54, 1.807) is 16.9 Å². The summed E-state index contributed by atoms with van der Waals surface area (Å²) in [5.41, 5.74) is 5.29. The Labute approximate surface area is 182 Å². The molecule has 31 heavy (non-hydrogen) atoms. The molecule has 0 saturated carbocycles. The van der Waals surface area contributed by atoms with E-state index in [0.29, 0.717) is 5.03 Å². The number of carbonyl (C=O) groups excluding carboxylic acids is 1. The second-order valence-electron chi connectivity index (χ2n) is 7.19. The van der Waals surface area contributed by atoms with E-state index in [1.807, 2.05) is 12.1 Å². The topological polar surface area (TPSA) is 59.3 Å². The summed E-state index contributed by atoms with van der Waals surface area (Å²) < 4.78 is 28.4. The number of hydrogen-bond donors (Lipinski definition) is 1. The summed E-state index contributed by atoms with van der Waals surface area (Å²) >= 11 is 1.28. The molecule has 0 unspecified atom stereocenters. The third kappa shape index (κ3) is 4.74. The predicted molar refractivity (Wildman–Crippen MR) is 117 cm³/mol. The molecule has 0 atom stereocenters. The highest BCUT2D eigenvalue weighted by Gasteiger charge is 2.12. The quantitative estimate of drug-likeness (QED) is 0.444. The van der Waals surface area contributed by atoms with Gasteiger partial charge in [-0.25, -0.2) is 18.3 Å². The number of fused-ring (bicyclic) bond motifs is 1. The number of amides is 1. The highest BCUT2D eigenvalue weighted by Crippen LogP contribution is 2.27. The van der Waals surface area contributed by atoms with E-state index in [0.717, 1.165) is 28.9 Å². The summed E-state index contributed by atoms with van der Waals surface area (Å²) in [5.74, 6) is -1.49. The largest absolute Gasteiger partial charge is 0.351 e. The number of nitrogens with zero attached hydrogens (tertiary/aromatic N) is 3. The van der Waals surface area contributed by atoms with E-state index < -0.39 is 11.6 Å².